The van der Waals surface area contributed by atoms with E-state index in [1.54, 1.807) is 54.7 Å². The van der Waals surface area contributed by atoms with Gasteiger partial charge < -0.3 is 8.98 Å². The monoisotopic (exact) mass is 452 g/mol. The van der Waals surface area contributed by atoms with Crippen LogP contribution in [0.15, 0.2) is 83.4 Å². The lowest BCUT2D eigenvalue weighted by molar-refractivity contribution is -0.384. The van der Waals surface area contributed by atoms with Crippen LogP contribution in [0.4, 0.5) is 5.69 Å². The van der Waals surface area contributed by atoms with Crippen molar-refractivity contribution in [3.8, 4) is 17.0 Å². The molecule has 0 unspecified atom stereocenters. The molecule has 154 valence electrons. The molecule has 0 atom stereocenters. The van der Waals surface area contributed by atoms with Gasteiger partial charge in [0.2, 0.25) is 5.78 Å². The molecule has 0 fully saturated rings. The van der Waals surface area contributed by atoms with Crippen molar-refractivity contribution in [1.82, 2.24) is 4.57 Å². The normalized spacial score (nSPS) is 11.2. The number of ketones is 1. The molecule has 6 nitrogen and oxygen atoms in total. The maximum absolute atomic E-state index is 12.6. The third-order valence-electron chi connectivity index (χ3n) is 4.57. The van der Waals surface area contributed by atoms with Crippen LogP contribution in [-0.4, -0.2) is 15.3 Å². The van der Waals surface area contributed by atoms with Gasteiger partial charge in [-0.3, -0.25) is 14.9 Å². The van der Waals surface area contributed by atoms with E-state index in [0.717, 1.165) is 11.4 Å². The molecule has 0 aliphatic heterocycles. The summed E-state index contributed by atoms with van der Waals surface area (Å²) in [4.78, 5) is 23.0. The van der Waals surface area contributed by atoms with Gasteiger partial charge in [0.05, 0.1) is 9.95 Å². The van der Waals surface area contributed by atoms with Crippen molar-refractivity contribution in [1.29, 1.82) is 0 Å². The molecule has 31 heavy (non-hydrogen) atoms. The Morgan fingerprint density at radius 1 is 1.03 bits per heavy atom. The number of aromatic nitrogens is 1. The number of carbonyl (C=O) groups is 1. The molecule has 0 bridgehead atoms. The predicted molar refractivity (Wildman–Crippen MR) is 120 cm³/mol. The van der Waals surface area contributed by atoms with Crippen LogP contribution in [-0.2, 0) is 0 Å². The third-order valence-corrected chi connectivity index (χ3v) is 5.13. The van der Waals surface area contributed by atoms with E-state index < -0.39 is 4.92 Å². The number of halogens is 2. The highest BCUT2D eigenvalue weighted by Gasteiger charge is 2.13. The van der Waals surface area contributed by atoms with Crippen LogP contribution in [0.2, 0.25) is 10.0 Å². The second-order valence-corrected chi connectivity index (χ2v) is 7.41. The summed E-state index contributed by atoms with van der Waals surface area (Å²) in [5, 5.41) is 11.8. The fraction of sp³-hybridized carbons (Fsp3) is 0. The lowest BCUT2D eigenvalue weighted by atomic mass is 10.2. The topological polar surface area (TPSA) is 78.3 Å². The first kappa shape index (κ1) is 20.7. The molecule has 0 saturated carbocycles. The van der Waals surface area contributed by atoms with Crippen molar-refractivity contribution in [3.63, 3.8) is 0 Å². The standard InChI is InChI=1S/C23H14Cl2N2O4/c24-15-3-9-20(25)19(14-15)22-11-12-23(31-22)21(28)10-8-16-2-1-13-26(16)17-4-6-18(7-5-17)27(29)30/h1-14H. The molecule has 0 spiro atoms. The molecule has 8 heteroatoms. The van der Waals surface area contributed by atoms with Gasteiger partial charge >= 0.3 is 0 Å². The third kappa shape index (κ3) is 4.45. The average molecular weight is 453 g/mol. The van der Waals surface area contributed by atoms with E-state index >= 15 is 0 Å². The molecule has 0 amide bonds. The number of carbonyl (C=O) groups excluding carboxylic acids is 1. The van der Waals surface area contributed by atoms with E-state index in [2.05, 4.69) is 0 Å². The summed E-state index contributed by atoms with van der Waals surface area (Å²) in [6.07, 6.45) is 4.86. The number of furan rings is 1. The quantitative estimate of drug-likeness (QED) is 0.138. The summed E-state index contributed by atoms with van der Waals surface area (Å²) in [7, 11) is 0. The van der Waals surface area contributed by atoms with Gasteiger partial charge in [0.1, 0.15) is 5.76 Å². The molecule has 2 heterocycles. The average Bonchev–Trinajstić information content (AvgIpc) is 3.43. The Balaban J connectivity index is 1.55. The van der Waals surface area contributed by atoms with Crippen LogP contribution in [0.25, 0.3) is 23.1 Å². The van der Waals surface area contributed by atoms with Crippen molar-refractivity contribution < 1.29 is 14.1 Å². The van der Waals surface area contributed by atoms with Gasteiger partial charge in [0.25, 0.3) is 5.69 Å². The fourth-order valence-corrected chi connectivity index (χ4v) is 3.43. The van der Waals surface area contributed by atoms with Crippen LogP contribution >= 0.6 is 23.2 Å². The smallest absolute Gasteiger partial charge is 0.269 e. The molecular weight excluding hydrogens is 439 g/mol. The Kier molecular flexibility index (Phi) is 5.75. The number of nitrogens with zero attached hydrogens (tertiary/aromatic N) is 2. The minimum atomic E-state index is -0.451. The highest BCUT2D eigenvalue weighted by atomic mass is 35.5. The maximum atomic E-state index is 12.6. The van der Waals surface area contributed by atoms with Crippen LogP contribution in [0.3, 0.4) is 0 Å². The minimum absolute atomic E-state index is 0.0107. The Labute approximate surface area is 187 Å². The molecule has 4 aromatic rings. The van der Waals surface area contributed by atoms with E-state index in [4.69, 9.17) is 27.6 Å². The number of hydrogen-bond donors (Lipinski definition) is 0. The van der Waals surface area contributed by atoms with Crippen molar-refractivity contribution in [2.45, 2.75) is 0 Å². The van der Waals surface area contributed by atoms with Crippen molar-refractivity contribution >= 4 is 40.7 Å². The molecule has 0 aliphatic carbocycles. The Hall–Kier alpha value is -3.61. The van der Waals surface area contributed by atoms with Gasteiger partial charge in [0.15, 0.2) is 5.76 Å². The number of allylic oxidation sites excluding steroid dienone is 1. The molecule has 0 saturated heterocycles. The van der Waals surface area contributed by atoms with Gasteiger partial charge in [0, 0.05) is 40.3 Å². The van der Waals surface area contributed by atoms with Crippen molar-refractivity contribution in [2.24, 2.45) is 0 Å². The van der Waals surface area contributed by atoms with Gasteiger partial charge in [-0.1, -0.05) is 23.2 Å². The second kappa shape index (κ2) is 8.63. The van der Waals surface area contributed by atoms with Crippen LogP contribution in [0.5, 0.6) is 0 Å². The van der Waals surface area contributed by atoms with Crippen molar-refractivity contribution in [3.05, 3.63) is 111 Å². The minimum Gasteiger partial charge on any atom is -0.453 e. The Morgan fingerprint density at radius 3 is 2.55 bits per heavy atom. The molecule has 2 aromatic carbocycles. The maximum Gasteiger partial charge on any atom is 0.269 e. The number of nitro benzene ring substituents is 1. The highest BCUT2D eigenvalue weighted by molar-refractivity contribution is 6.35. The number of rotatable bonds is 6. The first-order valence-corrected chi connectivity index (χ1v) is 9.88. The molecule has 2 aromatic heterocycles. The first-order valence-electron chi connectivity index (χ1n) is 9.12. The van der Waals surface area contributed by atoms with Crippen LogP contribution in [0.1, 0.15) is 16.2 Å². The Bertz CT molecular complexity index is 1300. The van der Waals surface area contributed by atoms with E-state index in [1.165, 1.54) is 18.2 Å². The fourth-order valence-electron chi connectivity index (χ4n) is 3.04. The van der Waals surface area contributed by atoms with E-state index in [1.807, 2.05) is 16.7 Å². The van der Waals surface area contributed by atoms with Gasteiger partial charge in [-0.15, -0.1) is 0 Å². The second-order valence-electron chi connectivity index (χ2n) is 6.56. The number of hydrogen-bond acceptors (Lipinski definition) is 4. The summed E-state index contributed by atoms with van der Waals surface area (Å²) < 4.78 is 7.49. The van der Waals surface area contributed by atoms with Gasteiger partial charge in [-0.05, 0) is 66.7 Å². The molecule has 0 aliphatic rings. The summed E-state index contributed by atoms with van der Waals surface area (Å²) >= 11 is 12.2. The summed E-state index contributed by atoms with van der Waals surface area (Å²) in [5.74, 6) is 0.287. The summed E-state index contributed by atoms with van der Waals surface area (Å²) in [5.41, 5.74) is 2.08. The molecule has 4 rings (SSSR count). The van der Waals surface area contributed by atoms with Crippen molar-refractivity contribution in [2.75, 3.05) is 0 Å². The molecule has 0 radical (unpaired) electrons. The van der Waals surface area contributed by atoms with Gasteiger partial charge in [-0.2, -0.15) is 0 Å². The zero-order chi connectivity index (χ0) is 22.0. The number of benzene rings is 2. The van der Waals surface area contributed by atoms with Crippen LogP contribution in [0, 0.1) is 10.1 Å². The van der Waals surface area contributed by atoms with E-state index in [0.29, 0.717) is 21.4 Å². The largest absolute Gasteiger partial charge is 0.453 e. The zero-order valence-corrected chi connectivity index (χ0v) is 17.4. The summed E-state index contributed by atoms with van der Waals surface area (Å²) in [6.45, 7) is 0. The summed E-state index contributed by atoms with van der Waals surface area (Å²) in [6, 6.07) is 18.0. The number of nitro groups is 1. The lowest BCUT2D eigenvalue weighted by Gasteiger charge is -2.06. The van der Waals surface area contributed by atoms with E-state index in [-0.39, 0.29) is 17.2 Å². The number of non-ortho nitro benzene ring substituents is 1. The van der Waals surface area contributed by atoms with Gasteiger partial charge in [-0.25, -0.2) is 0 Å². The Morgan fingerprint density at radius 2 is 1.81 bits per heavy atom. The highest BCUT2D eigenvalue weighted by Crippen LogP contribution is 2.32. The SMILES string of the molecule is O=C(C=Cc1cccn1-c1ccc([N+](=O)[O-])cc1)c1ccc(-c2cc(Cl)ccc2Cl)o1. The lowest BCUT2D eigenvalue weighted by Crippen LogP contribution is -1.96. The predicted octanol–water partition coefficient (Wildman–Crippen LogP) is 6.85. The van der Waals surface area contributed by atoms with E-state index in [9.17, 15) is 14.9 Å². The zero-order valence-electron chi connectivity index (χ0n) is 15.9. The molecular formula is C23H14Cl2N2O4. The first-order chi connectivity index (χ1) is 14.9. The molecule has 0 N–H and O–H groups in total. The van der Waals surface area contributed by atoms with Crippen LogP contribution < -0.4 is 0 Å².